The molecule has 100 valence electrons. The molecule has 0 bridgehead atoms. The molecule has 0 unspecified atom stereocenters. The molecule has 2 aromatic rings. The molecule has 2 rings (SSSR count). The number of anilines is 1. The summed E-state index contributed by atoms with van der Waals surface area (Å²) in [7, 11) is 1.85. The van der Waals surface area contributed by atoms with Crippen molar-refractivity contribution in [2.24, 2.45) is 0 Å². The molecular formula is C16H21N3. The fourth-order valence-electron chi connectivity index (χ4n) is 2.41. The van der Waals surface area contributed by atoms with Crippen LogP contribution in [0.15, 0.2) is 12.1 Å². The van der Waals surface area contributed by atoms with E-state index >= 15 is 0 Å². The van der Waals surface area contributed by atoms with Gasteiger partial charge in [-0.05, 0) is 62.9 Å². The van der Waals surface area contributed by atoms with Crippen molar-refractivity contribution >= 4 is 5.95 Å². The summed E-state index contributed by atoms with van der Waals surface area (Å²) in [4.78, 5) is 8.96. The van der Waals surface area contributed by atoms with Gasteiger partial charge in [0.05, 0.1) is 5.69 Å². The second-order valence-corrected chi connectivity index (χ2v) is 5.10. The van der Waals surface area contributed by atoms with E-state index < -0.39 is 0 Å². The van der Waals surface area contributed by atoms with E-state index in [1.165, 1.54) is 27.8 Å². The minimum absolute atomic E-state index is 0.674. The molecule has 0 aliphatic carbocycles. The molecule has 3 nitrogen and oxygen atoms in total. The largest absolute Gasteiger partial charge is 0.357 e. The van der Waals surface area contributed by atoms with Crippen LogP contribution in [0.4, 0.5) is 5.95 Å². The Morgan fingerprint density at radius 3 is 1.95 bits per heavy atom. The molecule has 0 fully saturated rings. The van der Waals surface area contributed by atoms with Crippen LogP contribution in [0.25, 0.3) is 11.3 Å². The van der Waals surface area contributed by atoms with Crippen LogP contribution >= 0.6 is 0 Å². The first-order valence-electron chi connectivity index (χ1n) is 6.55. The van der Waals surface area contributed by atoms with Crippen molar-refractivity contribution in [1.82, 2.24) is 9.97 Å². The summed E-state index contributed by atoms with van der Waals surface area (Å²) in [6, 6.07) is 4.29. The fourth-order valence-corrected chi connectivity index (χ4v) is 2.41. The first-order chi connectivity index (χ1) is 8.93. The van der Waals surface area contributed by atoms with Gasteiger partial charge in [0.25, 0.3) is 0 Å². The van der Waals surface area contributed by atoms with Crippen molar-refractivity contribution in [3.8, 4) is 11.3 Å². The molecule has 0 spiro atoms. The lowest BCUT2D eigenvalue weighted by Crippen LogP contribution is -2.02. The Balaban J connectivity index is 2.75. The Bertz CT molecular complexity index is 604. The van der Waals surface area contributed by atoms with E-state index in [-0.39, 0.29) is 0 Å². The van der Waals surface area contributed by atoms with Crippen LogP contribution in [0.5, 0.6) is 0 Å². The smallest absolute Gasteiger partial charge is 0.223 e. The zero-order valence-electron chi connectivity index (χ0n) is 12.5. The van der Waals surface area contributed by atoms with E-state index in [0.717, 1.165) is 11.4 Å². The third kappa shape index (κ3) is 2.46. The van der Waals surface area contributed by atoms with E-state index in [1.807, 2.05) is 14.0 Å². The maximum absolute atomic E-state index is 4.60. The Morgan fingerprint density at radius 1 is 0.842 bits per heavy atom. The maximum atomic E-state index is 4.60. The van der Waals surface area contributed by atoms with E-state index in [4.69, 9.17) is 0 Å². The standard InChI is InChI=1S/C16H21N3/c1-9-7-10(2)13(5)15(12(9)4)14-8-11(3)18-16(17-6)19-14/h7-8H,1-6H3,(H,17,18,19). The number of rotatable bonds is 2. The molecule has 0 saturated carbocycles. The second kappa shape index (κ2) is 5.00. The first-order valence-corrected chi connectivity index (χ1v) is 6.55. The molecule has 0 aliphatic rings. The van der Waals surface area contributed by atoms with Gasteiger partial charge in [-0.25, -0.2) is 9.97 Å². The van der Waals surface area contributed by atoms with E-state index in [1.54, 1.807) is 0 Å². The van der Waals surface area contributed by atoms with Crippen LogP contribution in [0.1, 0.15) is 27.9 Å². The predicted octanol–water partition coefficient (Wildman–Crippen LogP) is 3.73. The number of aromatic nitrogens is 2. The minimum Gasteiger partial charge on any atom is -0.357 e. The van der Waals surface area contributed by atoms with Crippen molar-refractivity contribution in [1.29, 1.82) is 0 Å². The van der Waals surface area contributed by atoms with Crippen LogP contribution in [-0.2, 0) is 0 Å². The zero-order valence-corrected chi connectivity index (χ0v) is 12.5. The van der Waals surface area contributed by atoms with Crippen molar-refractivity contribution in [2.75, 3.05) is 12.4 Å². The van der Waals surface area contributed by atoms with Crippen LogP contribution in [0.2, 0.25) is 0 Å². The van der Waals surface area contributed by atoms with Gasteiger partial charge in [0.2, 0.25) is 5.95 Å². The summed E-state index contributed by atoms with van der Waals surface area (Å²) in [6.07, 6.45) is 0. The van der Waals surface area contributed by atoms with Crippen molar-refractivity contribution in [2.45, 2.75) is 34.6 Å². The molecular weight excluding hydrogens is 234 g/mol. The number of hydrogen-bond donors (Lipinski definition) is 1. The van der Waals surface area contributed by atoms with Crippen LogP contribution in [0, 0.1) is 34.6 Å². The Kier molecular flexibility index (Phi) is 3.56. The van der Waals surface area contributed by atoms with Gasteiger partial charge >= 0.3 is 0 Å². The van der Waals surface area contributed by atoms with Gasteiger partial charge in [-0.15, -0.1) is 0 Å². The number of aryl methyl sites for hydroxylation is 3. The van der Waals surface area contributed by atoms with Crippen molar-refractivity contribution in [3.63, 3.8) is 0 Å². The highest BCUT2D eigenvalue weighted by molar-refractivity contribution is 5.71. The van der Waals surface area contributed by atoms with Gasteiger partial charge in [-0.1, -0.05) is 6.07 Å². The molecule has 1 aromatic carbocycles. The number of nitrogens with zero attached hydrogens (tertiary/aromatic N) is 2. The van der Waals surface area contributed by atoms with Crippen LogP contribution < -0.4 is 5.32 Å². The van der Waals surface area contributed by atoms with Crippen LogP contribution in [0.3, 0.4) is 0 Å². The summed E-state index contributed by atoms with van der Waals surface area (Å²) in [5, 5.41) is 3.02. The topological polar surface area (TPSA) is 37.8 Å². The van der Waals surface area contributed by atoms with Crippen molar-refractivity contribution < 1.29 is 0 Å². The SMILES string of the molecule is CNc1nc(C)cc(-c2c(C)c(C)cc(C)c2C)n1. The Hall–Kier alpha value is -1.90. The minimum atomic E-state index is 0.674. The van der Waals surface area contributed by atoms with Crippen molar-refractivity contribution in [3.05, 3.63) is 40.1 Å². The number of benzene rings is 1. The quantitative estimate of drug-likeness (QED) is 0.888. The monoisotopic (exact) mass is 255 g/mol. The lowest BCUT2D eigenvalue weighted by Gasteiger charge is -2.15. The van der Waals surface area contributed by atoms with E-state index in [2.05, 4.69) is 55.1 Å². The molecule has 1 N–H and O–H groups in total. The van der Waals surface area contributed by atoms with E-state index in [9.17, 15) is 0 Å². The third-order valence-corrected chi connectivity index (χ3v) is 3.70. The fraction of sp³-hybridized carbons (Fsp3) is 0.375. The van der Waals surface area contributed by atoms with Gasteiger partial charge < -0.3 is 5.32 Å². The van der Waals surface area contributed by atoms with Gasteiger partial charge in [-0.2, -0.15) is 0 Å². The number of hydrogen-bond acceptors (Lipinski definition) is 3. The normalized spacial score (nSPS) is 10.6. The third-order valence-electron chi connectivity index (χ3n) is 3.70. The van der Waals surface area contributed by atoms with Gasteiger partial charge in [-0.3, -0.25) is 0 Å². The molecule has 19 heavy (non-hydrogen) atoms. The highest BCUT2D eigenvalue weighted by atomic mass is 15.1. The zero-order chi connectivity index (χ0) is 14.2. The summed E-state index contributed by atoms with van der Waals surface area (Å²) in [5.41, 5.74) is 8.41. The molecule has 0 radical (unpaired) electrons. The molecule has 0 saturated heterocycles. The lowest BCUT2D eigenvalue weighted by atomic mass is 9.92. The predicted molar refractivity (Wildman–Crippen MR) is 80.7 cm³/mol. The summed E-state index contributed by atoms with van der Waals surface area (Å²) >= 11 is 0. The molecule has 1 aromatic heterocycles. The average Bonchev–Trinajstić information content (AvgIpc) is 2.36. The van der Waals surface area contributed by atoms with Gasteiger partial charge in [0, 0.05) is 18.3 Å². The highest BCUT2D eigenvalue weighted by Gasteiger charge is 2.13. The summed E-state index contributed by atoms with van der Waals surface area (Å²) in [5.74, 6) is 0.674. The summed E-state index contributed by atoms with van der Waals surface area (Å²) < 4.78 is 0. The van der Waals surface area contributed by atoms with E-state index in [0.29, 0.717) is 5.95 Å². The molecule has 0 amide bonds. The highest BCUT2D eigenvalue weighted by Crippen LogP contribution is 2.31. The molecule has 0 aliphatic heterocycles. The Morgan fingerprint density at radius 2 is 1.42 bits per heavy atom. The molecule has 3 heteroatoms. The molecule has 1 heterocycles. The van der Waals surface area contributed by atoms with Gasteiger partial charge in [0.1, 0.15) is 0 Å². The second-order valence-electron chi connectivity index (χ2n) is 5.10. The van der Waals surface area contributed by atoms with Crippen LogP contribution in [-0.4, -0.2) is 17.0 Å². The number of nitrogens with one attached hydrogen (secondary N) is 1. The average molecular weight is 255 g/mol. The molecule has 0 atom stereocenters. The lowest BCUT2D eigenvalue weighted by molar-refractivity contribution is 1.09. The first kappa shape index (κ1) is 13.5. The maximum Gasteiger partial charge on any atom is 0.223 e. The summed E-state index contributed by atoms with van der Waals surface area (Å²) in [6.45, 7) is 10.6. The Labute approximate surface area is 115 Å². The van der Waals surface area contributed by atoms with Gasteiger partial charge in [0.15, 0.2) is 0 Å².